The molecule has 0 aliphatic carbocycles. The molecule has 0 aromatic rings. The Kier molecular flexibility index (Phi) is 19.2. The molecule has 0 radical (unpaired) electrons. The molecule has 0 fully saturated rings. The van der Waals surface area contributed by atoms with Crippen LogP contribution in [0.1, 0.15) is 137 Å². The van der Waals surface area contributed by atoms with Crippen LogP contribution in [-0.2, 0) is 0 Å². The van der Waals surface area contributed by atoms with E-state index in [0.29, 0.717) is 12.1 Å². The summed E-state index contributed by atoms with van der Waals surface area (Å²) in [6.07, 6.45) is 22.8. The van der Waals surface area contributed by atoms with E-state index in [1.807, 2.05) is 0 Å². The molecule has 0 saturated heterocycles. The lowest BCUT2D eigenvalue weighted by molar-refractivity contribution is 0.280. The van der Waals surface area contributed by atoms with Gasteiger partial charge in [0.05, 0.1) is 0 Å². The zero-order valence-corrected chi connectivity index (χ0v) is 19.5. The Morgan fingerprint density at radius 3 is 1.19 bits per heavy atom. The summed E-state index contributed by atoms with van der Waals surface area (Å²) in [6, 6.07) is 0.828. The molecular weight excluding hydrogens is 328 g/mol. The molecule has 0 amide bonds. The van der Waals surface area contributed by atoms with Crippen molar-refractivity contribution in [1.29, 1.82) is 0 Å². The van der Waals surface area contributed by atoms with Crippen LogP contribution >= 0.6 is 0 Å². The van der Waals surface area contributed by atoms with E-state index < -0.39 is 0 Å². The molecular formula is C25H54N2. The Hall–Kier alpha value is -0.0800. The highest BCUT2D eigenvalue weighted by molar-refractivity contribution is 4.71. The van der Waals surface area contributed by atoms with Crippen molar-refractivity contribution >= 4 is 0 Å². The Labute approximate surface area is 172 Å². The van der Waals surface area contributed by atoms with Gasteiger partial charge in [-0.1, -0.05) is 105 Å². The van der Waals surface area contributed by atoms with E-state index in [-0.39, 0.29) is 0 Å². The van der Waals surface area contributed by atoms with Gasteiger partial charge in [-0.25, -0.2) is 0 Å². The average Bonchev–Trinajstić information content (AvgIpc) is 2.67. The number of rotatable bonds is 20. The maximum atomic E-state index is 6.16. The summed E-state index contributed by atoms with van der Waals surface area (Å²) in [5, 5.41) is 0. The van der Waals surface area contributed by atoms with Crippen molar-refractivity contribution in [3.63, 3.8) is 0 Å². The van der Waals surface area contributed by atoms with Gasteiger partial charge in [0.15, 0.2) is 0 Å². The van der Waals surface area contributed by atoms with Crippen LogP contribution in [0.5, 0.6) is 0 Å². The van der Waals surface area contributed by atoms with Crippen LogP contribution in [0.4, 0.5) is 0 Å². The van der Waals surface area contributed by atoms with E-state index in [2.05, 4.69) is 27.7 Å². The van der Waals surface area contributed by atoms with Gasteiger partial charge in [0.25, 0.3) is 0 Å². The van der Waals surface area contributed by atoms with Gasteiger partial charge in [-0.3, -0.25) is 0 Å². The molecule has 0 aliphatic rings. The molecule has 0 aliphatic heterocycles. The number of unbranched alkanes of at least 4 members (excludes halogenated alkanes) is 4. The molecule has 2 heteroatoms. The third-order valence-corrected chi connectivity index (χ3v) is 6.52. The zero-order chi connectivity index (χ0) is 20.3. The van der Waals surface area contributed by atoms with Gasteiger partial charge in [-0.2, -0.15) is 0 Å². The van der Waals surface area contributed by atoms with Crippen molar-refractivity contribution in [2.75, 3.05) is 0 Å². The minimum Gasteiger partial charge on any atom is -0.328 e. The molecule has 0 saturated carbocycles. The third kappa shape index (κ3) is 16.6. The van der Waals surface area contributed by atoms with E-state index in [1.165, 1.54) is 96.3 Å². The Balaban J connectivity index is 4.54. The SMILES string of the molecule is CCCCCC(CCCC(N)CC)CC(CCCCC)CCCC(N)CC. The van der Waals surface area contributed by atoms with Gasteiger partial charge in [-0.05, 0) is 43.9 Å². The zero-order valence-electron chi connectivity index (χ0n) is 19.5. The Morgan fingerprint density at radius 1 is 0.481 bits per heavy atom. The predicted molar refractivity (Wildman–Crippen MR) is 124 cm³/mol. The summed E-state index contributed by atoms with van der Waals surface area (Å²) in [5.74, 6) is 1.85. The van der Waals surface area contributed by atoms with Gasteiger partial charge in [0.1, 0.15) is 0 Å². The lowest BCUT2D eigenvalue weighted by Gasteiger charge is -2.25. The predicted octanol–water partition coefficient (Wildman–Crippen LogP) is 7.58. The summed E-state index contributed by atoms with van der Waals surface area (Å²) in [4.78, 5) is 0. The fourth-order valence-electron chi connectivity index (χ4n) is 4.34. The van der Waals surface area contributed by atoms with Crippen LogP contribution in [0, 0.1) is 11.8 Å². The molecule has 4 N–H and O–H groups in total. The maximum absolute atomic E-state index is 6.16. The molecule has 0 spiro atoms. The minimum absolute atomic E-state index is 0.414. The first-order valence-electron chi connectivity index (χ1n) is 12.6. The van der Waals surface area contributed by atoms with Crippen LogP contribution < -0.4 is 11.5 Å². The van der Waals surface area contributed by atoms with Gasteiger partial charge in [-0.15, -0.1) is 0 Å². The molecule has 27 heavy (non-hydrogen) atoms. The highest BCUT2D eigenvalue weighted by atomic mass is 14.6. The maximum Gasteiger partial charge on any atom is 0.00362 e. The lowest BCUT2D eigenvalue weighted by atomic mass is 9.81. The van der Waals surface area contributed by atoms with E-state index in [1.54, 1.807) is 0 Å². The number of hydrogen-bond acceptors (Lipinski definition) is 2. The monoisotopic (exact) mass is 382 g/mol. The van der Waals surface area contributed by atoms with Crippen molar-refractivity contribution in [3.05, 3.63) is 0 Å². The standard InChI is InChI=1S/C25H54N2/c1-5-9-11-15-22(17-13-19-24(26)7-3)21-23(16-12-10-6-2)18-14-20-25(27)8-4/h22-25H,5-21,26-27H2,1-4H3. The molecule has 0 heterocycles. The normalized spacial score (nSPS) is 16.2. The first-order chi connectivity index (χ1) is 13.1. The summed E-state index contributed by atoms with van der Waals surface area (Å²) in [5.41, 5.74) is 12.3. The smallest absolute Gasteiger partial charge is 0.00362 e. The molecule has 0 aromatic heterocycles. The molecule has 4 atom stereocenters. The second kappa shape index (κ2) is 19.2. The highest BCUT2D eigenvalue weighted by Gasteiger charge is 2.17. The third-order valence-electron chi connectivity index (χ3n) is 6.52. The van der Waals surface area contributed by atoms with Crippen molar-refractivity contribution in [1.82, 2.24) is 0 Å². The fourth-order valence-corrected chi connectivity index (χ4v) is 4.34. The van der Waals surface area contributed by atoms with Crippen LogP contribution in [0.2, 0.25) is 0 Å². The first-order valence-corrected chi connectivity index (χ1v) is 12.6. The number of nitrogens with two attached hydrogens (primary N) is 2. The lowest BCUT2D eigenvalue weighted by Crippen LogP contribution is -2.19. The van der Waals surface area contributed by atoms with Gasteiger partial charge in [0.2, 0.25) is 0 Å². The molecule has 0 rings (SSSR count). The van der Waals surface area contributed by atoms with E-state index >= 15 is 0 Å². The van der Waals surface area contributed by atoms with E-state index in [0.717, 1.165) is 24.7 Å². The van der Waals surface area contributed by atoms with E-state index in [9.17, 15) is 0 Å². The number of hydrogen-bond donors (Lipinski definition) is 2. The van der Waals surface area contributed by atoms with Crippen molar-refractivity contribution < 1.29 is 0 Å². The van der Waals surface area contributed by atoms with Crippen LogP contribution in [0.25, 0.3) is 0 Å². The largest absolute Gasteiger partial charge is 0.328 e. The molecule has 0 aromatic carbocycles. The summed E-state index contributed by atoms with van der Waals surface area (Å²) in [6.45, 7) is 9.07. The van der Waals surface area contributed by atoms with Crippen molar-refractivity contribution in [2.24, 2.45) is 23.3 Å². The first kappa shape index (κ1) is 26.9. The van der Waals surface area contributed by atoms with E-state index in [4.69, 9.17) is 11.5 Å². The van der Waals surface area contributed by atoms with Crippen LogP contribution in [-0.4, -0.2) is 12.1 Å². The molecule has 2 nitrogen and oxygen atoms in total. The summed E-state index contributed by atoms with van der Waals surface area (Å²) < 4.78 is 0. The quantitative estimate of drug-likeness (QED) is 0.213. The summed E-state index contributed by atoms with van der Waals surface area (Å²) >= 11 is 0. The second-order valence-electron chi connectivity index (χ2n) is 9.16. The highest BCUT2D eigenvalue weighted by Crippen LogP contribution is 2.30. The van der Waals surface area contributed by atoms with Crippen LogP contribution in [0.3, 0.4) is 0 Å². The Bertz CT molecular complexity index is 264. The van der Waals surface area contributed by atoms with Gasteiger partial charge < -0.3 is 11.5 Å². The van der Waals surface area contributed by atoms with Crippen LogP contribution in [0.15, 0.2) is 0 Å². The fraction of sp³-hybridized carbons (Fsp3) is 1.00. The molecule has 4 unspecified atom stereocenters. The topological polar surface area (TPSA) is 52.0 Å². The molecule has 0 bridgehead atoms. The average molecular weight is 383 g/mol. The Morgan fingerprint density at radius 2 is 0.852 bits per heavy atom. The van der Waals surface area contributed by atoms with Crippen molar-refractivity contribution in [2.45, 2.75) is 149 Å². The van der Waals surface area contributed by atoms with Gasteiger partial charge in [0, 0.05) is 12.1 Å². The van der Waals surface area contributed by atoms with Crippen molar-refractivity contribution in [3.8, 4) is 0 Å². The minimum atomic E-state index is 0.414. The van der Waals surface area contributed by atoms with Gasteiger partial charge >= 0.3 is 0 Å². The molecule has 164 valence electrons. The second-order valence-corrected chi connectivity index (χ2v) is 9.16. The summed E-state index contributed by atoms with van der Waals surface area (Å²) in [7, 11) is 0.